The van der Waals surface area contributed by atoms with Crippen molar-refractivity contribution < 1.29 is 9.53 Å². The Kier molecular flexibility index (Phi) is 3.91. The first-order valence-electron chi connectivity index (χ1n) is 5.26. The number of ether oxygens (including phenoxy) is 1. The topological polar surface area (TPSA) is 76.1 Å². The van der Waals surface area contributed by atoms with E-state index in [2.05, 4.69) is 6.07 Å². The Morgan fingerprint density at radius 3 is 2.53 bits per heavy atom. The molecule has 0 amide bonds. The van der Waals surface area contributed by atoms with Crippen LogP contribution in [0.15, 0.2) is 0 Å². The van der Waals surface area contributed by atoms with E-state index in [0.29, 0.717) is 15.3 Å². The maximum atomic E-state index is 11.9. The third kappa shape index (κ3) is 3.05. The molecule has 0 aliphatic rings. The molecular weight excluding hydrogens is 236 g/mol. The third-order valence-electron chi connectivity index (χ3n) is 2.16. The van der Waals surface area contributed by atoms with Crippen LogP contribution in [-0.2, 0) is 11.3 Å². The van der Waals surface area contributed by atoms with Crippen molar-refractivity contribution in [2.75, 3.05) is 0 Å². The molecule has 0 aromatic carbocycles. The van der Waals surface area contributed by atoms with Crippen molar-refractivity contribution in [1.82, 2.24) is 0 Å². The van der Waals surface area contributed by atoms with Crippen LogP contribution in [0.5, 0.6) is 0 Å². The second-order valence-corrected chi connectivity index (χ2v) is 5.70. The first-order valence-corrected chi connectivity index (χ1v) is 6.07. The minimum atomic E-state index is -0.548. The fourth-order valence-electron chi connectivity index (χ4n) is 1.39. The third-order valence-corrected chi connectivity index (χ3v) is 3.38. The van der Waals surface area contributed by atoms with E-state index in [-0.39, 0.29) is 6.54 Å². The fraction of sp³-hybridized carbons (Fsp3) is 0.500. The van der Waals surface area contributed by atoms with Gasteiger partial charge in [-0.1, -0.05) is 0 Å². The van der Waals surface area contributed by atoms with Gasteiger partial charge in [0.25, 0.3) is 0 Å². The highest BCUT2D eigenvalue weighted by Crippen LogP contribution is 2.29. The van der Waals surface area contributed by atoms with Gasteiger partial charge in [0.15, 0.2) is 0 Å². The maximum Gasteiger partial charge on any atom is 0.349 e. The molecule has 5 heteroatoms. The highest BCUT2D eigenvalue weighted by Gasteiger charge is 2.24. The summed E-state index contributed by atoms with van der Waals surface area (Å²) in [6.07, 6.45) is 0. The van der Waals surface area contributed by atoms with Crippen molar-refractivity contribution in [3.05, 3.63) is 20.9 Å². The van der Waals surface area contributed by atoms with Crippen LogP contribution in [0.4, 0.5) is 0 Å². The molecule has 0 bridgehead atoms. The van der Waals surface area contributed by atoms with Crippen molar-refractivity contribution in [2.45, 2.75) is 39.8 Å². The molecule has 0 fully saturated rings. The number of esters is 1. The average molecular weight is 252 g/mol. The molecule has 17 heavy (non-hydrogen) atoms. The van der Waals surface area contributed by atoms with E-state index in [1.165, 1.54) is 0 Å². The summed E-state index contributed by atoms with van der Waals surface area (Å²) in [5.74, 6) is -0.410. The van der Waals surface area contributed by atoms with Crippen molar-refractivity contribution in [2.24, 2.45) is 5.73 Å². The molecule has 4 nitrogen and oxygen atoms in total. The van der Waals surface area contributed by atoms with E-state index < -0.39 is 11.6 Å². The lowest BCUT2D eigenvalue weighted by Gasteiger charge is -2.19. The Labute approximate surface area is 105 Å². The van der Waals surface area contributed by atoms with Gasteiger partial charge in [0, 0.05) is 6.54 Å². The van der Waals surface area contributed by atoms with Crippen LogP contribution >= 0.6 is 11.3 Å². The Morgan fingerprint density at radius 2 is 2.12 bits per heavy atom. The quantitative estimate of drug-likeness (QED) is 0.820. The largest absolute Gasteiger partial charge is 0.456 e. The Morgan fingerprint density at radius 1 is 1.53 bits per heavy atom. The Bertz CT molecular complexity index is 478. The van der Waals surface area contributed by atoms with Crippen LogP contribution < -0.4 is 5.73 Å². The highest BCUT2D eigenvalue weighted by molar-refractivity contribution is 7.14. The van der Waals surface area contributed by atoms with Crippen molar-refractivity contribution in [3.8, 4) is 6.07 Å². The summed E-state index contributed by atoms with van der Waals surface area (Å²) in [5, 5.41) is 8.93. The lowest BCUT2D eigenvalue weighted by molar-refractivity contribution is 0.00741. The van der Waals surface area contributed by atoms with E-state index in [1.807, 2.05) is 0 Å². The number of hydrogen-bond donors (Lipinski definition) is 1. The summed E-state index contributed by atoms with van der Waals surface area (Å²) in [6.45, 7) is 7.44. The zero-order chi connectivity index (χ0) is 13.2. The summed E-state index contributed by atoms with van der Waals surface area (Å²) < 4.78 is 5.29. The molecule has 0 saturated carbocycles. The van der Waals surface area contributed by atoms with E-state index in [4.69, 9.17) is 15.7 Å². The molecule has 0 aliphatic carbocycles. The standard InChI is InChI=1S/C12H16N2O2S/c1-7-8(5-13)10(17-9(7)6-14)11(15)16-12(2,3)4/h5,13H2,1-4H3. The number of nitriles is 1. The number of carbonyl (C=O) groups excluding carboxylic acids is 1. The van der Waals surface area contributed by atoms with Gasteiger partial charge in [-0.3, -0.25) is 0 Å². The van der Waals surface area contributed by atoms with Crippen LogP contribution in [0.3, 0.4) is 0 Å². The summed E-state index contributed by atoms with van der Waals surface area (Å²) in [5.41, 5.74) is 6.55. The summed E-state index contributed by atoms with van der Waals surface area (Å²) in [7, 11) is 0. The number of hydrogen-bond acceptors (Lipinski definition) is 5. The van der Waals surface area contributed by atoms with Gasteiger partial charge in [-0.2, -0.15) is 5.26 Å². The zero-order valence-electron chi connectivity index (χ0n) is 10.5. The van der Waals surface area contributed by atoms with E-state index in [1.54, 1.807) is 27.7 Å². The normalized spacial score (nSPS) is 11.1. The number of rotatable bonds is 2. The lowest BCUT2D eigenvalue weighted by atomic mass is 10.1. The van der Waals surface area contributed by atoms with Crippen LogP contribution in [-0.4, -0.2) is 11.6 Å². The van der Waals surface area contributed by atoms with E-state index >= 15 is 0 Å². The Hall–Kier alpha value is -1.38. The molecule has 92 valence electrons. The highest BCUT2D eigenvalue weighted by atomic mass is 32.1. The smallest absolute Gasteiger partial charge is 0.349 e. The molecule has 1 rings (SSSR count). The maximum absolute atomic E-state index is 11.9. The average Bonchev–Trinajstić information content (AvgIpc) is 2.52. The molecule has 1 aromatic heterocycles. The summed E-state index contributed by atoms with van der Waals surface area (Å²) in [4.78, 5) is 12.9. The molecule has 0 spiro atoms. The van der Waals surface area contributed by atoms with Crippen molar-refractivity contribution >= 4 is 17.3 Å². The van der Waals surface area contributed by atoms with Crippen molar-refractivity contribution in [3.63, 3.8) is 0 Å². The Balaban J connectivity index is 3.15. The first kappa shape index (κ1) is 13.7. The second kappa shape index (κ2) is 4.86. The number of nitrogens with zero attached hydrogens (tertiary/aromatic N) is 1. The molecule has 0 atom stereocenters. The van der Waals surface area contributed by atoms with Gasteiger partial charge in [-0.05, 0) is 38.8 Å². The predicted molar refractivity (Wildman–Crippen MR) is 66.8 cm³/mol. The molecule has 0 aliphatic heterocycles. The molecule has 0 radical (unpaired) electrons. The fourth-order valence-corrected chi connectivity index (χ4v) is 2.40. The van der Waals surface area contributed by atoms with E-state index in [0.717, 1.165) is 16.9 Å². The number of thiophene rings is 1. The van der Waals surface area contributed by atoms with Gasteiger partial charge in [0.2, 0.25) is 0 Å². The first-order chi connectivity index (χ1) is 7.80. The second-order valence-electron chi connectivity index (χ2n) is 4.68. The lowest BCUT2D eigenvalue weighted by Crippen LogP contribution is -2.24. The number of nitrogens with two attached hydrogens (primary N) is 1. The molecular formula is C12H16N2O2S. The van der Waals surface area contributed by atoms with Gasteiger partial charge < -0.3 is 10.5 Å². The van der Waals surface area contributed by atoms with Crippen LogP contribution in [0, 0.1) is 18.3 Å². The van der Waals surface area contributed by atoms with Gasteiger partial charge >= 0.3 is 5.97 Å². The van der Waals surface area contributed by atoms with Gasteiger partial charge in [-0.25, -0.2) is 4.79 Å². The minimum Gasteiger partial charge on any atom is -0.456 e. The predicted octanol–water partition coefficient (Wildman–Crippen LogP) is 2.34. The van der Waals surface area contributed by atoms with Gasteiger partial charge in [0.05, 0.1) is 0 Å². The zero-order valence-corrected chi connectivity index (χ0v) is 11.3. The molecule has 2 N–H and O–H groups in total. The van der Waals surface area contributed by atoms with Crippen molar-refractivity contribution in [1.29, 1.82) is 5.26 Å². The molecule has 1 aromatic rings. The van der Waals surface area contributed by atoms with Crippen LogP contribution in [0.25, 0.3) is 0 Å². The van der Waals surface area contributed by atoms with E-state index in [9.17, 15) is 4.79 Å². The van der Waals surface area contributed by atoms with Crippen LogP contribution in [0.1, 0.15) is 46.4 Å². The minimum absolute atomic E-state index is 0.235. The molecule has 0 saturated heterocycles. The van der Waals surface area contributed by atoms with Crippen LogP contribution in [0.2, 0.25) is 0 Å². The summed E-state index contributed by atoms with van der Waals surface area (Å²) >= 11 is 1.14. The summed E-state index contributed by atoms with van der Waals surface area (Å²) in [6, 6.07) is 2.06. The van der Waals surface area contributed by atoms with Gasteiger partial charge in [-0.15, -0.1) is 11.3 Å². The molecule has 0 unspecified atom stereocenters. The van der Waals surface area contributed by atoms with Gasteiger partial charge in [0.1, 0.15) is 21.4 Å². The number of carbonyl (C=O) groups is 1. The molecule has 1 heterocycles. The SMILES string of the molecule is Cc1c(C#N)sc(C(=O)OC(C)(C)C)c1CN. The monoisotopic (exact) mass is 252 g/mol.